The highest BCUT2D eigenvalue weighted by atomic mass is 32.1. The number of thiol groups is 1. The first-order chi connectivity index (χ1) is 14.0. The van der Waals surface area contributed by atoms with E-state index in [1.165, 1.54) is 11.6 Å². The van der Waals surface area contributed by atoms with Gasteiger partial charge in [0.15, 0.2) is 0 Å². The lowest BCUT2D eigenvalue weighted by Gasteiger charge is -2.32. The summed E-state index contributed by atoms with van der Waals surface area (Å²) in [6.07, 6.45) is 5.81. The number of anilines is 1. The van der Waals surface area contributed by atoms with Crippen LogP contribution < -0.4 is 5.32 Å². The predicted octanol–water partition coefficient (Wildman–Crippen LogP) is 6.21. The third-order valence-electron chi connectivity index (χ3n) is 6.20. The van der Waals surface area contributed by atoms with Gasteiger partial charge in [-0.2, -0.15) is 0 Å². The van der Waals surface area contributed by atoms with Crippen LogP contribution >= 0.6 is 12.6 Å². The van der Waals surface area contributed by atoms with E-state index in [4.69, 9.17) is 0 Å². The van der Waals surface area contributed by atoms with Crippen molar-refractivity contribution in [2.24, 2.45) is 11.8 Å². The van der Waals surface area contributed by atoms with Gasteiger partial charge in [-0.3, -0.25) is 9.78 Å². The summed E-state index contributed by atoms with van der Waals surface area (Å²) in [7, 11) is 0. The molecule has 4 rings (SSSR count). The molecule has 29 heavy (non-hydrogen) atoms. The van der Waals surface area contributed by atoms with Crippen LogP contribution in [-0.4, -0.2) is 10.9 Å². The average molecular weight is 409 g/mol. The molecule has 0 unspecified atom stereocenters. The molecule has 1 fully saturated rings. The SMILES string of the molecule is C[C@@H](C(=O)Nc1ccc(S)cc1)C1CCC(c2ccnc3ccc(F)cc23)CC1. The quantitative estimate of drug-likeness (QED) is 0.504. The van der Waals surface area contributed by atoms with E-state index >= 15 is 0 Å². The van der Waals surface area contributed by atoms with E-state index in [9.17, 15) is 9.18 Å². The summed E-state index contributed by atoms with van der Waals surface area (Å²) in [5.41, 5.74) is 2.82. The number of pyridine rings is 1. The van der Waals surface area contributed by atoms with Crippen molar-refractivity contribution in [1.82, 2.24) is 4.98 Å². The van der Waals surface area contributed by atoms with Gasteiger partial charge in [-0.15, -0.1) is 12.6 Å². The number of nitrogens with one attached hydrogen (secondary N) is 1. The first-order valence-electron chi connectivity index (χ1n) is 10.2. The van der Waals surface area contributed by atoms with E-state index in [0.29, 0.717) is 11.8 Å². The van der Waals surface area contributed by atoms with Crippen molar-refractivity contribution >= 4 is 35.1 Å². The molecule has 1 N–H and O–H groups in total. The Bertz CT molecular complexity index is 1010. The van der Waals surface area contributed by atoms with Crippen LogP contribution in [0, 0.1) is 17.7 Å². The van der Waals surface area contributed by atoms with Crippen LogP contribution in [-0.2, 0) is 4.79 Å². The van der Waals surface area contributed by atoms with Crippen molar-refractivity contribution in [1.29, 1.82) is 0 Å². The number of carbonyl (C=O) groups is 1. The Morgan fingerprint density at radius 2 is 1.83 bits per heavy atom. The Labute approximate surface area is 176 Å². The number of halogens is 1. The van der Waals surface area contributed by atoms with E-state index in [1.807, 2.05) is 43.5 Å². The fourth-order valence-corrected chi connectivity index (χ4v) is 4.59. The van der Waals surface area contributed by atoms with Gasteiger partial charge in [-0.25, -0.2) is 4.39 Å². The minimum atomic E-state index is -0.225. The Balaban J connectivity index is 1.41. The number of rotatable bonds is 4. The maximum absolute atomic E-state index is 13.8. The summed E-state index contributed by atoms with van der Waals surface area (Å²) in [6.45, 7) is 2.02. The molecule has 1 amide bonds. The number of carbonyl (C=O) groups excluding carboxylic acids is 1. The number of fused-ring (bicyclic) bond motifs is 1. The molecule has 0 radical (unpaired) electrons. The van der Waals surface area contributed by atoms with Crippen LogP contribution in [0.4, 0.5) is 10.1 Å². The number of benzene rings is 2. The lowest BCUT2D eigenvalue weighted by atomic mass is 9.73. The zero-order chi connectivity index (χ0) is 20.4. The molecule has 3 nitrogen and oxygen atoms in total. The molecule has 1 saturated carbocycles. The van der Waals surface area contributed by atoms with Crippen LogP contribution in [0.3, 0.4) is 0 Å². The molecule has 0 aliphatic heterocycles. The first kappa shape index (κ1) is 19.9. The normalized spacial score (nSPS) is 20.4. The molecule has 0 bridgehead atoms. The zero-order valence-electron chi connectivity index (χ0n) is 16.4. The predicted molar refractivity (Wildman–Crippen MR) is 118 cm³/mol. The smallest absolute Gasteiger partial charge is 0.227 e. The number of amides is 1. The number of aromatic nitrogens is 1. The molecule has 1 aromatic heterocycles. The Morgan fingerprint density at radius 3 is 2.55 bits per heavy atom. The highest BCUT2D eigenvalue weighted by molar-refractivity contribution is 7.80. The summed E-state index contributed by atoms with van der Waals surface area (Å²) in [5.74, 6) is 0.545. The van der Waals surface area contributed by atoms with Crippen molar-refractivity contribution in [2.45, 2.75) is 43.4 Å². The summed E-state index contributed by atoms with van der Waals surface area (Å²) in [5, 5.41) is 3.93. The van der Waals surface area contributed by atoms with Crippen molar-refractivity contribution < 1.29 is 9.18 Å². The van der Waals surface area contributed by atoms with Crippen LogP contribution in [0.15, 0.2) is 59.6 Å². The molecule has 150 valence electrons. The van der Waals surface area contributed by atoms with Gasteiger partial charge in [-0.05, 0) is 91.6 Å². The largest absolute Gasteiger partial charge is 0.326 e. The topological polar surface area (TPSA) is 42.0 Å². The lowest BCUT2D eigenvalue weighted by molar-refractivity contribution is -0.121. The maximum atomic E-state index is 13.8. The van der Waals surface area contributed by atoms with Crippen LogP contribution in [0.2, 0.25) is 0 Å². The molecule has 3 aromatic rings. The molecule has 1 aliphatic carbocycles. The summed E-state index contributed by atoms with van der Waals surface area (Å²) in [6, 6.07) is 14.3. The van der Waals surface area contributed by atoms with E-state index in [2.05, 4.69) is 22.9 Å². The van der Waals surface area contributed by atoms with Crippen molar-refractivity contribution in [3.05, 3.63) is 66.1 Å². The zero-order valence-corrected chi connectivity index (χ0v) is 17.3. The summed E-state index contributed by atoms with van der Waals surface area (Å²) in [4.78, 5) is 17.9. The molecule has 2 aromatic carbocycles. The van der Waals surface area contributed by atoms with Gasteiger partial charge in [0.2, 0.25) is 5.91 Å². The highest BCUT2D eigenvalue weighted by Gasteiger charge is 2.30. The molecule has 1 heterocycles. The van der Waals surface area contributed by atoms with Gasteiger partial charge in [0.1, 0.15) is 5.82 Å². The molecule has 0 spiro atoms. The number of hydrogen-bond donors (Lipinski definition) is 2. The molecular formula is C24H25FN2OS. The van der Waals surface area contributed by atoms with Crippen LogP contribution in [0.5, 0.6) is 0 Å². The minimum Gasteiger partial charge on any atom is -0.326 e. The highest BCUT2D eigenvalue weighted by Crippen LogP contribution is 2.41. The molecular weight excluding hydrogens is 383 g/mol. The second-order valence-corrected chi connectivity index (χ2v) is 8.51. The van der Waals surface area contributed by atoms with E-state index in [-0.39, 0.29) is 17.6 Å². The second-order valence-electron chi connectivity index (χ2n) is 8.00. The van der Waals surface area contributed by atoms with Crippen LogP contribution in [0.25, 0.3) is 10.9 Å². The summed E-state index contributed by atoms with van der Waals surface area (Å²) < 4.78 is 13.8. The van der Waals surface area contributed by atoms with Crippen molar-refractivity contribution in [3.8, 4) is 0 Å². The lowest BCUT2D eigenvalue weighted by Crippen LogP contribution is -2.29. The first-order valence-corrected chi connectivity index (χ1v) is 10.6. The van der Waals surface area contributed by atoms with Gasteiger partial charge >= 0.3 is 0 Å². The van der Waals surface area contributed by atoms with Gasteiger partial charge in [0.25, 0.3) is 0 Å². The average Bonchev–Trinajstić information content (AvgIpc) is 2.74. The van der Waals surface area contributed by atoms with E-state index in [1.54, 1.807) is 12.1 Å². The molecule has 5 heteroatoms. The van der Waals surface area contributed by atoms with Gasteiger partial charge in [0.05, 0.1) is 5.52 Å². The molecule has 1 aliphatic rings. The van der Waals surface area contributed by atoms with Gasteiger partial charge < -0.3 is 5.32 Å². The van der Waals surface area contributed by atoms with E-state index in [0.717, 1.165) is 47.2 Å². The monoisotopic (exact) mass is 408 g/mol. The van der Waals surface area contributed by atoms with E-state index < -0.39 is 0 Å². The maximum Gasteiger partial charge on any atom is 0.227 e. The fourth-order valence-electron chi connectivity index (χ4n) is 4.44. The number of nitrogens with zero attached hydrogens (tertiary/aromatic N) is 1. The molecule has 0 saturated heterocycles. The van der Waals surface area contributed by atoms with Gasteiger partial charge in [0, 0.05) is 28.1 Å². The summed E-state index contributed by atoms with van der Waals surface area (Å²) >= 11 is 4.28. The van der Waals surface area contributed by atoms with Gasteiger partial charge in [-0.1, -0.05) is 6.92 Å². The fraction of sp³-hybridized carbons (Fsp3) is 0.333. The third-order valence-corrected chi connectivity index (χ3v) is 6.50. The second kappa shape index (κ2) is 8.54. The minimum absolute atomic E-state index is 0.0433. The Kier molecular flexibility index (Phi) is 5.86. The van der Waals surface area contributed by atoms with Crippen molar-refractivity contribution in [3.63, 3.8) is 0 Å². The van der Waals surface area contributed by atoms with Crippen molar-refractivity contribution in [2.75, 3.05) is 5.32 Å². The van der Waals surface area contributed by atoms with Crippen LogP contribution in [0.1, 0.15) is 44.1 Å². The standard InChI is InChI=1S/C24H25FN2OS/c1-15(24(28)27-19-7-9-20(29)10-8-19)16-2-4-17(5-3-16)21-12-13-26-23-11-6-18(25)14-22(21)23/h6-17,29H,2-5H2,1H3,(H,27,28)/t15-,16?,17?/m1/s1. The molecule has 1 atom stereocenters. The Morgan fingerprint density at radius 1 is 1.10 bits per heavy atom. The third kappa shape index (κ3) is 4.45. The Hall–Kier alpha value is -2.40. The number of hydrogen-bond acceptors (Lipinski definition) is 3.